The first-order valence-corrected chi connectivity index (χ1v) is 18.2. The number of carbonyl (C=O) groups excluding carboxylic acids is 2. The number of aliphatic hydroxyl groups excluding tert-OH is 3. The zero-order valence-corrected chi connectivity index (χ0v) is 31.6. The molecule has 2 fully saturated rings. The molecule has 0 aromatic heterocycles. The molecule has 2 saturated heterocycles. The van der Waals surface area contributed by atoms with Crippen LogP contribution in [-0.4, -0.2) is 126 Å². The number of methoxy groups -OCH3 is 2. The van der Waals surface area contributed by atoms with E-state index in [9.17, 15) is 39.9 Å². The number of aryl methyl sites for hydroxylation is 1. The number of allylic oxidation sites excluding steroid dienone is 3. The third kappa shape index (κ3) is 10.2. The topological polar surface area (TPSA) is 229 Å². The van der Waals surface area contributed by atoms with Crippen molar-refractivity contribution in [3.63, 3.8) is 0 Å². The predicted octanol–water partition coefficient (Wildman–Crippen LogP) is 2.82. The minimum absolute atomic E-state index is 0.0203. The van der Waals surface area contributed by atoms with Crippen molar-refractivity contribution in [2.75, 3.05) is 20.8 Å². The third-order valence-electron chi connectivity index (χ3n) is 10.1. The van der Waals surface area contributed by atoms with Gasteiger partial charge < -0.3 is 64.0 Å². The highest BCUT2D eigenvalue weighted by Crippen LogP contribution is 2.47. The van der Waals surface area contributed by atoms with Crippen LogP contribution < -0.4 is 10.1 Å². The van der Waals surface area contributed by atoms with Crippen LogP contribution in [0.3, 0.4) is 0 Å². The molecule has 3 aliphatic rings. The van der Waals surface area contributed by atoms with Crippen molar-refractivity contribution in [1.29, 1.82) is 0 Å². The van der Waals surface area contributed by atoms with E-state index in [-0.39, 0.29) is 23.3 Å². The average molecular weight is 766 g/mol. The molecule has 6 N–H and O–H groups in total. The van der Waals surface area contributed by atoms with Crippen molar-refractivity contribution in [3.8, 4) is 11.5 Å². The Hall–Kier alpha value is -3.61. The van der Waals surface area contributed by atoms with E-state index in [1.165, 1.54) is 14.0 Å². The standard InChI is InChI=1S/C38H55NO15/c1-8-9-10-11-21-15-24(41)27(23-14-19(4)12-13-22(23)18(2)3)25(16-21)52-38(47)50-17-26-29(42)32(28(39-20(5)40)36(49-7)51-26)53-37-31(44)30(43)33(48-6)34(54-37)35(45)46/h14-16,22-23,26,28-34,36-37,41-44H,2,8-13,17H2,1,3-7H3,(H,39,40)(H,45,46)/t22-,23+,26?,28?,29?,30?,31?,32?,33?,34?,36?,37?/m0/s1. The number of hydrogen-bond acceptors (Lipinski definition) is 14. The number of phenols is 1. The maximum absolute atomic E-state index is 13.4. The van der Waals surface area contributed by atoms with Crippen LogP contribution in [0.5, 0.6) is 11.5 Å². The molecule has 0 saturated carbocycles. The van der Waals surface area contributed by atoms with Crippen molar-refractivity contribution in [2.24, 2.45) is 5.92 Å². The zero-order valence-electron chi connectivity index (χ0n) is 31.6. The molecule has 1 amide bonds. The first kappa shape index (κ1) is 43.1. The maximum Gasteiger partial charge on any atom is 0.513 e. The second-order valence-electron chi connectivity index (χ2n) is 14.2. The molecule has 1 aromatic carbocycles. The number of carbonyl (C=O) groups is 3. The second-order valence-corrected chi connectivity index (χ2v) is 14.2. The first-order valence-electron chi connectivity index (χ1n) is 18.2. The Balaban J connectivity index is 1.58. The lowest BCUT2D eigenvalue weighted by molar-refractivity contribution is -0.339. The lowest BCUT2D eigenvalue weighted by atomic mass is 9.73. The molecule has 0 radical (unpaired) electrons. The number of aliphatic hydroxyl groups is 3. The number of aliphatic carboxylic acids is 1. The largest absolute Gasteiger partial charge is 0.513 e. The highest BCUT2D eigenvalue weighted by Gasteiger charge is 2.53. The Bertz CT molecular complexity index is 1520. The number of ether oxygens (including phenoxy) is 7. The van der Waals surface area contributed by atoms with E-state index < -0.39 is 86.0 Å². The number of hydrogen-bond donors (Lipinski definition) is 6. The zero-order chi connectivity index (χ0) is 39.9. The first-order chi connectivity index (χ1) is 25.6. The monoisotopic (exact) mass is 765 g/mol. The van der Waals surface area contributed by atoms with Gasteiger partial charge in [0.05, 0.1) is 0 Å². The molecular formula is C38H55NO15. The fourth-order valence-electron chi connectivity index (χ4n) is 7.36. The minimum Gasteiger partial charge on any atom is -0.507 e. The average Bonchev–Trinajstić information content (AvgIpc) is 3.10. The lowest BCUT2D eigenvalue weighted by Crippen LogP contribution is -2.68. The number of carboxylic acid groups (broad SMARTS) is 1. The van der Waals surface area contributed by atoms with Crippen LogP contribution >= 0.6 is 0 Å². The fourth-order valence-corrected chi connectivity index (χ4v) is 7.36. The summed E-state index contributed by atoms with van der Waals surface area (Å²) in [6, 6.07) is 2.16. The van der Waals surface area contributed by atoms with Gasteiger partial charge in [0, 0.05) is 32.6 Å². The smallest absolute Gasteiger partial charge is 0.507 e. The van der Waals surface area contributed by atoms with Gasteiger partial charge in [-0.25, -0.2) is 9.59 Å². The number of unbranched alkanes of at least 4 members (excludes halogenated alkanes) is 2. The summed E-state index contributed by atoms with van der Waals surface area (Å²) in [5.74, 6) is -2.34. The lowest BCUT2D eigenvalue weighted by Gasteiger charge is -2.47. The van der Waals surface area contributed by atoms with Gasteiger partial charge in [0.15, 0.2) is 18.7 Å². The number of carboxylic acids is 1. The van der Waals surface area contributed by atoms with Crippen LogP contribution in [0.4, 0.5) is 4.79 Å². The molecule has 4 rings (SSSR count). The van der Waals surface area contributed by atoms with Gasteiger partial charge in [-0.1, -0.05) is 43.6 Å². The highest BCUT2D eigenvalue weighted by molar-refractivity contribution is 5.74. The molecule has 1 aliphatic carbocycles. The number of nitrogens with one attached hydrogen (secondary N) is 1. The molecule has 12 atom stereocenters. The van der Waals surface area contributed by atoms with Crippen molar-refractivity contribution in [3.05, 3.63) is 47.1 Å². The second kappa shape index (κ2) is 19.3. The van der Waals surface area contributed by atoms with E-state index in [1.807, 2.05) is 13.8 Å². The third-order valence-corrected chi connectivity index (χ3v) is 10.1. The van der Waals surface area contributed by atoms with Crippen molar-refractivity contribution < 1.29 is 73.1 Å². The summed E-state index contributed by atoms with van der Waals surface area (Å²) in [4.78, 5) is 37.5. The van der Waals surface area contributed by atoms with E-state index in [1.54, 1.807) is 12.1 Å². The van der Waals surface area contributed by atoms with Gasteiger partial charge in [-0.05, 0) is 63.1 Å². The number of amides is 1. The summed E-state index contributed by atoms with van der Waals surface area (Å²) in [6.45, 7) is 10.8. The predicted molar refractivity (Wildman–Crippen MR) is 191 cm³/mol. The summed E-state index contributed by atoms with van der Waals surface area (Å²) in [5.41, 5.74) is 3.24. The summed E-state index contributed by atoms with van der Waals surface area (Å²) < 4.78 is 38.9. The van der Waals surface area contributed by atoms with E-state index >= 15 is 0 Å². The van der Waals surface area contributed by atoms with Gasteiger partial charge in [0.25, 0.3) is 0 Å². The fraction of sp³-hybridized carbons (Fsp3) is 0.658. The summed E-state index contributed by atoms with van der Waals surface area (Å²) in [6.07, 6.45) is -8.59. The molecule has 0 bridgehead atoms. The van der Waals surface area contributed by atoms with Gasteiger partial charge in [-0.2, -0.15) is 0 Å². The van der Waals surface area contributed by atoms with Gasteiger partial charge in [0.2, 0.25) is 5.91 Å². The molecule has 16 nitrogen and oxygen atoms in total. The van der Waals surface area contributed by atoms with Crippen LogP contribution in [0.15, 0.2) is 35.9 Å². The maximum atomic E-state index is 13.4. The Kier molecular flexibility index (Phi) is 15.4. The summed E-state index contributed by atoms with van der Waals surface area (Å²) >= 11 is 0. The number of rotatable bonds is 15. The Labute approximate surface area is 315 Å². The number of aromatic hydroxyl groups is 1. The van der Waals surface area contributed by atoms with E-state index in [2.05, 4.69) is 24.9 Å². The van der Waals surface area contributed by atoms with Crippen molar-refractivity contribution in [2.45, 2.75) is 133 Å². The van der Waals surface area contributed by atoms with Crippen LogP contribution in [0.2, 0.25) is 0 Å². The summed E-state index contributed by atoms with van der Waals surface area (Å²) in [5, 5.41) is 56.5. The van der Waals surface area contributed by atoms with Crippen molar-refractivity contribution >= 4 is 18.0 Å². The van der Waals surface area contributed by atoms with Crippen molar-refractivity contribution in [1.82, 2.24) is 5.32 Å². The van der Waals surface area contributed by atoms with Crippen LogP contribution in [-0.2, 0) is 44.4 Å². The molecule has 54 heavy (non-hydrogen) atoms. The van der Waals surface area contributed by atoms with E-state index in [0.717, 1.165) is 55.9 Å². The molecular weight excluding hydrogens is 710 g/mol. The normalized spacial score (nSPS) is 32.6. The quantitative estimate of drug-likeness (QED) is 0.0653. The highest BCUT2D eigenvalue weighted by atomic mass is 16.8. The molecule has 1 aromatic rings. The van der Waals surface area contributed by atoms with E-state index in [4.69, 9.17) is 33.2 Å². The SMILES string of the molecule is C=C(C)[C@@H]1CCC(C)=C[C@H]1c1c(O)cc(CCCCC)cc1OC(=O)OCC1OC(OC)C(NC(C)=O)C(OC2OC(C(=O)O)C(OC)C(O)C2O)C1O. The Morgan fingerprint density at radius 3 is 2.31 bits per heavy atom. The molecule has 2 aliphatic heterocycles. The molecule has 0 spiro atoms. The molecule has 302 valence electrons. The minimum atomic E-state index is -1.85. The van der Waals surface area contributed by atoms with Crippen LogP contribution in [0.1, 0.15) is 76.8 Å². The van der Waals surface area contributed by atoms with Crippen LogP contribution in [0, 0.1) is 5.92 Å². The van der Waals surface area contributed by atoms with Gasteiger partial charge in [-0.3, -0.25) is 4.79 Å². The Morgan fingerprint density at radius 1 is 0.981 bits per heavy atom. The Morgan fingerprint density at radius 2 is 1.70 bits per heavy atom. The van der Waals surface area contributed by atoms with Crippen LogP contribution in [0.25, 0.3) is 0 Å². The number of benzene rings is 1. The van der Waals surface area contributed by atoms with Gasteiger partial charge in [0.1, 0.15) is 60.8 Å². The van der Waals surface area contributed by atoms with Gasteiger partial charge in [-0.15, -0.1) is 0 Å². The molecule has 2 heterocycles. The van der Waals surface area contributed by atoms with Gasteiger partial charge >= 0.3 is 12.1 Å². The molecule has 10 unspecified atom stereocenters. The molecule has 16 heteroatoms. The van der Waals surface area contributed by atoms with E-state index in [0.29, 0.717) is 12.0 Å². The number of phenolic OH excluding ortho intramolecular Hbond substituents is 1. The summed E-state index contributed by atoms with van der Waals surface area (Å²) in [7, 11) is 2.39.